The van der Waals surface area contributed by atoms with Gasteiger partial charge in [-0.05, 0) is 60.2 Å². The van der Waals surface area contributed by atoms with Gasteiger partial charge in [-0.2, -0.15) is 5.26 Å². The zero-order valence-corrected chi connectivity index (χ0v) is 17.5. The van der Waals surface area contributed by atoms with E-state index in [4.69, 9.17) is 14.2 Å². The van der Waals surface area contributed by atoms with Crippen molar-refractivity contribution in [2.45, 2.75) is 0 Å². The molecule has 0 unspecified atom stereocenters. The number of esters is 1. The average molecular weight is 428 g/mol. The van der Waals surface area contributed by atoms with Crippen molar-refractivity contribution in [1.82, 2.24) is 0 Å². The smallest absolute Gasteiger partial charge is 0.343 e. The van der Waals surface area contributed by atoms with E-state index in [0.717, 1.165) is 0 Å². The lowest BCUT2D eigenvalue weighted by atomic mass is 10.1. The van der Waals surface area contributed by atoms with Crippen LogP contribution in [0.5, 0.6) is 17.2 Å². The zero-order chi connectivity index (χ0) is 22.9. The first-order valence-corrected chi connectivity index (χ1v) is 9.56. The maximum absolute atomic E-state index is 12.5. The largest absolute Gasteiger partial charge is 0.497 e. The molecule has 0 aliphatic carbocycles. The number of carbonyl (C=O) groups is 2. The summed E-state index contributed by atoms with van der Waals surface area (Å²) in [6.07, 6.45) is 1.44. The van der Waals surface area contributed by atoms with Crippen molar-refractivity contribution >= 4 is 23.6 Å². The number of nitriles is 1. The highest BCUT2D eigenvalue weighted by Gasteiger charge is 2.13. The number of anilines is 1. The van der Waals surface area contributed by atoms with Crippen LogP contribution in [0.15, 0.2) is 78.4 Å². The van der Waals surface area contributed by atoms with E-state index in [-0.39, 0.29) is 5.57 Å². The van der Waals surface area contributed by atoms with Gasteiger partial charge in [-0.25, -0.2) is 4.79 Å². The molecule has 0 heterocycles. The third-order valence-electron chi connectivity index (χ3n) is 4.45. The molecular weight excluding hydrogens is 408 g/mol. The molecule has 0 saturated carbocycles. The Hall–Kier alpha value is -4.57. The number of methoxy groups -OCH3 is 2. The second-order valence-electron chi connectivity index (χ2n) is 6.51. The molecule has 160 valence electrons. The van der Waals surface area contributed by atoms with Crippen LogP contribution in [0.1, 0.15) is 15.9 Å². The van der Waals surface area contributed by atoms with Gasteiger partial charge in [0.2, 0.25) is 0 Å². The van der Waals surface area contributed by atoms with Gasteiger partial charge < -0.3 is 19.5 Å². The number of rotatable bonds is 7. The highest BCUT2D eigenvalue weighted by molar-refractivity contribution is 6.10. The van der Waals surface area contributed by atoms with Crippen LogP contribution in [-0.2, 0) is 4.79 Å². The normalized spacial score (nSPS) is 10.6. The molecule has 0 fully saturated rings. The summed E-state index contributed by atoms with van der Waals surface area (Å²) in [5, 5.41) is 12.1. The van der Waals surface area contributed by atoms with Crippen LogP contribution in [0.2, 0.25) is 0 Å². The van der Waals surface area contributed by atoms with Crippen molar-refractivity contribution in [3.63, 3.8) is 0 Å². The molecule has 1 N–H and O–H groups in total. The molecule has 3 aromatic rings. The number of para-hydroxylation sites is 2. The SMILES string of the molecule is COc1ccc(C(=O)Oc2ccc(/C=C(\C#N)C(=O)Nc3ccccc3OC)cc2)cc1. The molecule has 3 rings (SSSR count). The Balaban J connectivity index is 1.69. The van der Waals surface area contributed by atoms with E-state index in [1.807, 2.05) is 6.07 Å². The quantitative estimate of drug-likeness (QED) is 0.258. The van der Waals surface area contributed by atoms with E-state index in [0.29, 0.717) is 34.1 Å². The van der Waals surface area contributed by atoms with E-state index < -0.39 is 11.9 Å². The Kier molecular flexibility index (Phi) is 7.23. The van der Waals surface area contributed by atoms with Crippen LogP contribution >= 0.6 is 0 Å². The summed E-state index contributed by atoms with van der Waals surface area (Å²) in [6.45, 7) is 0. The van der Waals surface area contributed by atoms with Gasteiger partial charge in [0.1, 0.15) is 28.9 Å². The van der Waals surface area contributed by atoms with E-state index in [2.05, 4.69) is 5.32 Å². The van der Waals surface area contributed by atoms with Gasteiger partial charge in [0, 0.05) is 0 Å². The molecule has 7 heteroatoms. The topological polar surface area (TPSA) is 97.7 Å². The summed E-state index contributed by atoms with van der Waals surface area (Å²) in [5.41, 5.74) is 1.36. The number of hydrogen-bond donors (Lipinski definition) is 1. The molecule has 0 saturated heterocycles. The molecule has 0 atom stereocenters. The number of benzene rings is 3. The summed E-state index contributed by atoms with van der Waals surface area (Å²) in [4.78, 5) is 24.8. The van der Waals surface area contributed by atoms with Crippen molar-refractivity contribution in [3.8, 4) is 23.3 Å². The summed E-state index contributed by atoms with van der Waals surface area (Å²) in [6, 6.07) is 21.8. The van der Waals surface area contributed by atoms with Crippen LogP contribution in [-0.4, -0.2) is 26.1 Å². The number of carbonyl (C=O) groups excluding carboxylic acids is 2. The Morgan fingerprint density at radius 3 is 2.16 bits per heavy atom. The van der Waals surface area contributed by atoms with Crippen molar-refractivity contribution in [1.29, 1.82) is 5.26 Å². The first kappa shape index (κ1) is 22.1. The Bertz CT molecular complexity index is 1180. The van der Waals surface area contributed by atoms with E-state index >= 15 is 0 Å². The molecule has 0 bridgehead atoms. The molecule has 0 aromatic heterocycles. The summed E-state index contributed by atoms with van der Waals surface area (Å²) < 4.78 is 15.6. The lowest BCUT2D eigenvalue weighted by molar-refractivity contribution is -0.112. The second kappa shape index (κ2) is 10.5. The van der Waals surface area contributed by atoms with Gasteiger partial charge in [0.25, 0.3) is 5.91 Å². The van der Waals surface area contributed by atoms with Crippen molar-refractivity contribution < 1.29 is 23.8 Å². The molecule has 32 heavy (non-hydrogen) atoms. The summed E-state index contributed by atoms with van der Waals surface area (Å²) >= 11 is 0. The van der Waals surface area contributed by atoms with Crippen molar-refractivity contribution in [2.24, 2.45) is 0 Å². The third kappa shape index (κ3) is 5.52. The van der Waals surface area contributed by atoms with Gasteiger partial charge in [-0.15, -0.1) is 0 Å². The minimum absolute atomic E-state index is 0.0844. The Labute approximate surface area is 185 Å². The molecule has 1 amide bonds. The third-order valence-corrected chi connectivity index (χ3v) is 4.45. The van der Waals surface area contributed by atoms with Gasteiger partial charge in [-0.3, -0.25) is 4.79 Å². The summed E-state index contributed by atoms with van der Waals surface area (Å²) in [7, 11) is 3.04. The van der Waals surface area contributed by atoms with Gasteiger partial charge in [-0.1, -0.05) is 24.3 Å². The summed E-state index contributed by atoms with van der Waals surface area (Å²) in [5.74, 6) is 0.388. The monoisotopic (exact) mass is 428 g/mol. The van der Waals surface area contributed by atoms with E-state index in [9.17, 15) is 14.9 Å². The van der Waals surface area contributed by atoms with E-state index in [1.165, 1.54) is 13.2 Å². The number of hydrogen-bond acceptors (Lipinski definition) is 6. The maximum atomic E-state index is 12.5. The number of nitrogens with zero attached hydrogens (tertiary/aromatic N) is 1. The highest BCUT2D eigenvalue weighted by atomic mass is 16.5. The number of nitrogens with one attached hydrogen (secondary N) is 1. The lowest BCUT2D eigenvalue weighted by Gasteiger charge is -2.09. The number of ether oxygens (including phenoxy) is 3. The van der Waals surface area contributed by atoms with Gasteiger partial charge in [0.05, 0.1) is 25.5 Å². The maximum Gasteiger partial charge on any atom is 0.343 e. The zero-order valence-electron chi connectivity index (χ0n) is 17.5. The molecular formula is C25H20N2O5. The predicted octanol–water partition coefficient (Wildman–Crippen LogP) is 4.47. The molecule has 0 spiro atoms. The van der Waals surface area contributed by atoms with Crippen LogP contribution in [0, 0.1) is 11.3 Å². The molecule has 7 nitrogen and oxygen atoms in total. The van der Waals surface area contributed by atoms with Gasteiger partial charge in [0.15, 0.2) is 0 Å². The number of amides is 1. The standard InChI is InChI=1S/C25H20N2O5/c1-30-20-13-9-18(10-14-20)25(29)32-21-11-7-17(8-12-21)15-19(16-26)24(28)27-22-5-3-4-6-23(22)31-2/h3-15H,1-2H3,(H,27,28)/b19-15+. The van der Waals surface area contributed by atoms with Gasteiger partial charge >= 0.3 is 5.97 Å². The van der Waals surface area contributed by atoms with Crippen LogP contribution in [0.4, 0.5) is 5.69 Å². The minimum Gasteiger partial charge on any atom is -0.497 e. The Morgan fingerprint density at radius 1 is 0.875 bits per heavy atom. The van der Waals surface area contributed by atoms with Crippen molar-refractivity contribution in [2.75, 3.05) is 19.5 Å². The first-order valence-electron chi connectivity index (χ1n) is 9.56. The fourth-order valence-corrected chi connectivity index (χ4v) is 2.78. The molecule has 3 aromatic carbocycles. The first-order chi connectivity index (χ1) is 15.5. The fourth-order valence-electron chi connectivity index (χ4n) is 2.78. The fraction of sp³-hybridized carbons (Fsp3) is 0.0800. The molecule has 0 aliphatic heterocycles. The van der Waals surface area contributed by atoms with Crippen LogP contribution < -0.4 is 19.5 Å². The molecule has 0 radical (unpaired) electrons. The van der Waals surface area contributed by atoms with Crippen molar-refractivity contribution in [3.05, 3.63) is 89.5 Å². The Morgan fingerprint density at radius 2 is 1.53 bits per heavy atom. The van der Waals surface area contributed by atoms with Crippen LogP contribution in [0.25, 0.3) is 6.08 Å². The molecule has 0 aliphatic rings. The van der Waals surface area contributed by atoms with Crippen LogP contribution in [0.3, 0.4) is 0 Å². The second-order valence-corrected chi connectivity index (χ2v) is 6.51. The minimum atomic E-state index is -0.563. The predicted molar refractivity (Wildman–Crippen MR) is 120 cm³/mol. The van der Waals surface area contributed by atoms with E-state index in [1.54, 1.807) is 79.9 Å². The highest BCUT2D eigenvalue weighted by Crippen LogP contribution is 2.24. The average Bonchev–Trinajstić information content (AvgIpc) is 2.83. The lowest BCUT2D eigenvalue weighted by Crippen LogP contribution is -2.14.